The molecule has 0 aliphatic rings. The average Bonchev–Trinajstić information content (AvgIpc) is 2.16. The summed E-state index contributed by atoms with van der Waals surface area (Å²) in [6.07, 6.45) is 18.0. The molecule has 0 bridgehead atoms. The minimum atomic E-state index is 1.12. The Kier molecular flexibility index (Phi) is 11.0. The van der Waals surface area contributed by atoms with E-state index in [1.54, 1.807) is 0 Å². The molecular weight excluding hydrogens is 156 g/mol. The number of allylic oxidation sites excluding steroid dienone is 4. The third kappa shape index (κ3) is 11.5. The Morgan fingerprint density at radius 2 is 1.15 bits per heavy atom. The standard InChI is InChI=1S/C13H24/c1-3-5-7-9-11-13-12-10-8-6-4-2/h9-12H,3-8,13H2,1-2H3/b11-9-,12-10-. The van der Waals surface area contributed by atoms with E-state index in [9.17, 15) is 0 Å². The van der Waals surface area contributed by atoms with Gasteiger partial charge in [-0.25, -0.2) is 0 Å². The summed E-state index contributed by atoms with van der Waals surface area (Å²) in [5, 5.41) is 0. The Morgan fingerprint density at radius 3 is 1.54 bits per heavy atom. The summed E-state index contributed by atoms with van der Waals surface area (Å²) >= 11 is 0. The highest BCUT2D eigenvalue weighted by molar-refractivity contribution is 4.92. The highest BCUT2D eigenvalue weighted by Crippen LogP contribution is 1.98. The third-order valence-corrected chi connectivity index (χ3v) is 2.05. The first-order valence-electron chi connectivity index (χ1n) is 5.71. The fraction of sp³-hybridized carbons (Fsp3) is 0.692. The molecule has 0 N–H and O–H groups in total. The van der Waals surface area contributed by atoms with E-state index < -0.39 is 0 Å². The maximum atomic E-state index is 2.30. The van der Waals surface area contributed by atoms with Crippen LogP contribution in [0, 0.1) is 0 Å². The van der Waals surface area contributed by atoms with Gasteiger partial charge in [0.25, 0.3) is 0 Å². The molecular formula is C13H24. The van der Waals surface area contributed by atoms with Crippen molar-refractivity contribution >= 4 is 0 Å². The second-order valence-electron chi connectivity index (χ2n) is 3.46. The van der Waals surface area contributed by atoms with Crippen molar-refractivity contribution in [1.82, 2.24) is 0 Å². The van der Waals surface area contributed by atoms with Crippen LogP contribution in [-0.2, 0) is 0 Å². The van der Waals surface area contributed by atoms with Gasteiger partial charge in [-0.2, -0.15) is 0 Å². The molecule has 0 aliphatic heterocycles. The zero-order valence-electron chi connectivity index (χ0n) is 9.26. The van der Waals surface area contributed by atoms with Crippen molar-refractivity contribution < 1.29 is 0 Å². The van der Waals surface area contributed by atoms with E-state index in [-0.39, 0.29) is 0 Å². The van der Waals surface area contributed by atoms with Crippen LogP contribution in [0.15, 0.2) is 24.3 Å². The number of hydrogen-bond donors (Lipinski definition) is 0. The van der Waals surface area contributed by atoms with Crippen LogP contribution in [0.4, 0.5) is 0 Å². The molecule has 0 rings (SSSR count). The van der Waals surface area contributed by atoms with Crippen molar-refractivity contribution in [3.63, 3.8) is 0 Å². The van der Waals surface area contributed by atoms with Crippen molar-refractivity contribution in [3.05, 3.63) is 24.3 Å². The smallest absolute Gasteiger partial charge is 0.0169 e. The topological polar surface area (TPSA) is 0 Å². The van der Waals surface area contributed by atoms with Crippen molar-refractivity contribution in [2.24, 2.45) is 0 Å². The van der Waals surface area contributed by atoms with Crippen molar-refractivity contribution in [3.8, 4) is 0 Å². The number of rotatable bonds is 8. The molecule has 0 saturated heterocycles. The second kappa shape index (κ2) is 11.5. The first kappa shape index (κ1) is 12.5. The molecule has 0 unspecified atom stereocenters. The van der Waals surface area contributed by atoms with Gasteiger partial charge in [-0.05, 0) is 19.3 Å². The molecule has 0 spiro atoms. The van der Waals surface area contributed by atoms with Gasteiger partial charge in [-0.1, -0.05) is 63.8 Å². The Morgan fingerprint density at radius 1 is 0.692 bits per heavy atom. The SMILES string of the molecule is CCCC/C=C\C/C=C\CCCC. The van der Waals surface area contributed by atoms with E-state index in [0.717, 1.165) is 6.42 Å². The molecule has 13 heavy (non-hydrogen) atoms. The maximum absolute atomic E-state index is 2.30. The van der Waals surface area contributed by atoms with Crippen LogP contribution in [-0.4, -0.2) is 0 Å². The number of unbranched alkanes of at least 4 members (excludes halogenated alkanes) is 4. The van der Waals surface area contributed by atoms with Crippen LogP contribution >= 0.6 is 0 Å². The van der Waals surface area contributed by atoms with Crippen LogP contribution in [0.25, 0.3) is 0 Å². The van der Waals surface area contributed by atoms with E-state index in [2.05, 4.69) is 38.2 Å². The third-order valence-electron chi connectivity index (χ3n) is 2.05. The summed E-state index contributed by atoms with van der Waals surface area (Å²) in [5.41, 5.74) is 0. The van der Waals surface area contributed by atoms with E-state index >= 15 is 0 Å². The fourth-order valence-electron chi connectivity index (χ4n) is 1.15. The van der Waals surface area contributed by atoms with Gasteiger partial charge >= 0.3 is 0 Å². The lowest BCUT2D eigenvalue weighted by Gasteiger charge is -1.88. The first-order valence-corrected chi connectivity index (χ1v) is 5.71. The first-order chi connectivity index (χ1) is 6.41. The maximum Gasteiger partial charge on any atom is -0.0169 e. The highest BCUT2D eigenvalue weighted by Gasteiger charge is 1.78. The Bertz CT molecular complexity index is 115. The zero-order valence-corrected chi connectivity index (χ0v) is 9.26. The average molecular weight is 180 g/mol. The van der Waals surface area contributed by atoms with Crippen LogP contribution in [0.2, 0.25) is 0 Å². The lowest BCUT2D eigenvalue weighted by atomic mass is 10.2. The van der Waals surface area contributed by atoms with E-state index in [4.69, 9.17) is 0 Å². The minimum Gasteiger partial charge on any atom is -0.0882 e. The van der Waals surface area contributed by atoms with Gasteiger partial charge in [0.1, 0.15) is 0 Å². The largest absolute Gasteiger partial charge is 0.0882 e. The molecule has 0 heteroatoms. The zero-order chi connectivity index (χ0) is 9.78. The lowest BCUT2D eigenvalue weighted by molar-refractivity contribution is 0.811. The monoisotopic (exact) mass is 180 g/mol. The van der Waals surface area contributed by atoms with E-state index in [1.165, 1.54) is 38.5 Å². The molecule has 0 radical (unpaired) electrons. The second-order valence-corrected chi connectivity index (χ2v) is 3.46. The fourth-order valence-corrected chi connectivity index (χ4v) is 1.15. The van der Waals surface area contributed by atoms with Gasteiger partial charge in [-0.3, -0.25) is 0 Å². The van der Waals surface area contributed by atoms with Crippen LogP contribution in [0.5, 0.6) is 0 Å². The van der Waals surface area contributed by atoms with Gasteiger partial charge in [0.05, 0.1) is 0 Å². The molecule has 0 aromatic carbocycles. The summed E-state index contributed by atoms with van der Waals surface area (Å²) in [4.78, 5) is 0. The summed E-state index contributed by atoms with van der Waals surface area (Å²) in [6, 6.07) is 0. The Labute approximate surface area is 83.7 Å². The molecule has 0 heterocycles. The summed E-state index contributed by atoms with van der Waals surface area (Å²) in [7, 11) is 0. The Hall–Kier alpha value is -0.520. The molecule has 0 saturated carbocycles. The molecule has 0 nitrogen and oxygen atoms in total. The molecule has 0 aromatic heterocycles. The summed E-state index contributed by atoms with van der Waals surface area (Å²) < 4.78 is 0. The van der Waals surface area contributed by atoms with Gasteiger partial charge in [0, 0.05) is 0 Å². The molecule has 0 atom stereocenters. The quantitative estimate of drug-likeness (QED) is 0.369. The van der Waals surface area contributed by atoms with E-state index in [1.807, 2.05) is 0 Å². The molecule has 76 valence electrons. The number of hydrogen-bond acceptors (Lipinski definition) is 0. The highest BCUT2D eigenvalue weighted by atomic mass is 13.8. The summed E-state index contributed by atoms with van der Waals surface area (Å²) in [5.74, 6) is 0. The van der Waals surface area contributed by atoms with Crippen LogP contribution in [0.3, 0.4) is 0 Å². The minimum absolute atomic E-state index is 1.12. The van der Waals surface area contributed by atoms with Gasteiger partial charge in [-0.15, -0.1) is 0 Å². The molecule has 0 amide bonds. The predicted octanol–water partition coefficient (Wildman–Crippen LogP) is 4.87. The predicted molar refractivity (Wildman–Crippen MR) is 61.9 cm³/mol. The van der Waals surface area contributed by atoms with Gasteiger partial charge in [0.2, 0.25) is 0 Å². The molecule has 0 aromatic rings. The summed E-state index contributed by atoms with van der Waals surface area (Å²) in [6.45, 7) is 4.47. The van der Waals surface area contributed by atoms with Crippen molar-refractivity contribution in [1.29, 1.82) is 0 Å². The molecule has 0 aliphatic carbocycles. The molecule has 0 fully saturated rings. The lowest BCUT2D eigenvalue weighted by Crippen LogP contribution is -1.68. The van der Waals surface area contributed by atoms with Crippen molar-refractivity contribution in [2.45, 2.75) is 58.8 Å². The van der Waals surface area contributed by atoms with E-state index in [0.29, 0.717) is 0 Å². The Balaban J connectivity index is 3.13. The van der Waals surface area contributed by atoms with Crippen LogP contribution in [0.1, 0.15) is 58.8 Å². The van der Waals surface area contributed by atoms with Crippen molar-refractivity contribution in [2.75, 3.05) is 0 Å². The van der Waals surface area contributed by atoms with Crippen LogP contribution < -0.4 is 0 Å². The van der Waals surface area contributed by atoms with Gasteiger partial charge < -0.3 is 0 Å². The normalized spacial score (nSPS) is 11.8. The van der Waals surface area contributed by atoms with Gasteiger partial charge in [0.15, 0.2) is 0 Å².